The number of halogens is 1. The second kappa shape index (κ2) is 6.05. The van der Waals surface area contributed by atoms with Crippen molar-refractivity contribution < 1.29 is 24.2 Å². The summed E-state index contributed by atoms with van der Waals surface area (Å²) in [7, 11) is 0. The van der Waals surface area contributed by atoms with Gasteiger partial charge >= 0.3 is 6.03 Å². The van der Waals surface area contributed by atoms with E-state index in [-0.39, 0.29) is 29.4 Å². The summed E-state index contributed by atoms with van der Waals surface area (Å²) in [5.74, 6) is -0.836. The van der Waals surface area contributed by atoms with Crippen molar-refractivity contribution in [3.05, 3.63) is 0 Å². The number of carbonyl (C=O) groups is 3. The van der Waals surface area contributed by atoms with Crippen molar-refractivity contribution in [1.29, 1.82) is 0 Å². The molecular formula is C12H18IN3O5. The Morgan fingerprint density at radius 2 is 2.29 bits per heavy atom. The van der Waals surface area contributed by atoms with Gasteiger partial charge in [-0.2, -0.15) is 0 Å². The molecule has 3 N–H and O–H groups in total. The summed E-state index contributed by atoms with van der Waals surface area (Å²) >= 11 is 1.89. The van der Waals surface area contributed by atoms with Gasteiger partial charge in [-0.05, 0) is 13.8 Å². The lowest BCUT2D eigenvalue weighted by Crippen LogP contribution is -2.71. The Morgan fingerprint density at radius 3 is 2.81 bits per heavy atom. The highest BCUT2D eigenvalue weighted by Crippen LogP contribution is 2.26. The average molecular weight is 411 g/mol. The van der Waals surface area contributed by atoms with Gasteiger partial charge in [0.15, 0.2) is 0 Å². The number of nitrogens with zero attached hydrogens (tertiary/aromatic N) is 1. The molecule has 0 radical (unpaired) electrons. The molecular weight excluding hydrogens is 393 g/mol. The van der Waals surface area contributed by atoms with Gasteiger partial charge in [0.05, 0.1) is 23.2 Å². The largest absolute Gasteiger partial charge is 0.390 e. The topological polar surface area (TPSA) is 108 Å². The van der Waals surface area contributed by atoms with Crippen LogP contribution in [0, 0.1) is 0 Å². The second-order valence-corrected chi connectivity index (χ2v) is 6.26. The molecule has 2 saturated heterocycles. The van der Waals surface area contributed by atoms with Gasteiger partial charge in [0.25, 0.3) is 5.91 Å². The number of rotatable bonds is 3. The molecule has 0 saturated carbocycles. The molecule has 0 aliphatic carbocycles. The standard InChI is InChI=1S/C12H18IN3O5/c1-6-7(17)3-9(21-6)16-5-12(2,15-8(18)4-13)10(19)14-11(16)20/h6-7,9,17H,3-5H2,1-2H3,(H,15,18)(H,14,19,20)/t6-,7+,9-,12?/m1/s1. The van der Waals surface area contributed by atoms with Crippen LogP contribution in [-0.4, -0.2) is 62.8 Å². The van der Waals surface area contributed by atoms with Gasteiger partial charge in [-0.1, -0.05) is 22.6 Å². The fourth-order valence-electron chi connectivity index (χ4n) is 2.45. The van der Waals surface area contributed by atoms with Crippen LogP contribution in [0.2, 0.25) is 0 Å². The van der Waals surface area contributed by atoms with Crippen LogP contribution >= 0.6 is 22.6 Å². The number of alkyl halides is 1. The highest BCUT2D eigenvalue weighted by molar-refractivity contribution is 14.1. The zero-order chi connectivity index (χ0) is 15.8. The highest BCUT2D eigenvalue weighted by atomic mass is 127. The summed E-state index contributed by atoms with van der Waals surface area (Å²) in [6, 6.07) is -0.576. The molecule has 4 atom stereocenters. The molecule has 2 rings (SSSR count). The maximum atomic E-state index is 12.0. The van der Waals surface area contributed by atoms with Gasteiger partial charge in [0.1, 0.15) is 11.8 Å². The van der Waals surface area contributed by atoms with E-state index in [0.717, 1.165) is 0 Å². The number of amides is 4. The zero-order valence-corrected chi connectivity index (χ0v) is 13.9. The first kappa shape index (κ1) is 16.4. The van der Waals surface area contributed by atoms with Crippen molar-refractivity contribution in [2.45, 2.75) is 44.2 Å². The van der Waals surface area contributed by atoms with Gasteiger partial charge in [0.2, 0.25) is 5.91 Å². The predicted molar refractivity (Wildman–Crippen MR) is 80.6 cm³/mol. The van der Waals surface area contributed by atoms with E-state index >= 15 is 0 Å². The number of carbonyl (C=O) groups excluding carboxylic acids is 3. The minimum absolute atomic E-state index is 0.00412. The molecule has 0 spiro atoms. The zero-order valence-electron chi connectivity index (χ0n) is 11.8. The second-order valence-electron chi connectivity index (χ2n) is 5.50. The Morgan fingerprint density at radius 1 is 1.62 bits per heavy atom. The maximum Gasteiger partial charge on any atom is 0.326 e. The van der Waals surface area contributed by atoms with E-state index in [2.05, 4.69) is 10.6 Å². The SMILES string of the molecule is C[C@H]1O[C@@H](N2CC(C)(NC(=O)CI)C(=O)NC2=O)C[C@@H]1O. The summed E-state index contributed by atoms with van der Waals surface area (Å²) in [4.78, 5) is 36.9. The van der Waals surface area contributed by atoms with Gasteiger partial charge in [-0.3, -0.25) is 19.8 Å². The molecule has 2 aliphatic heterocycles. The van der Waals surface area contributed by atoms with Crippen molar-refractivity contribution in [3.63, 3.8) is 0 Å². The molecule has 2 aliphatic rings. The number of hydrogen-bond acceptors (Lipinski definition) is 5. The number of aliphatic hydroxyl groups excluding tert-OH is 1. The molecule has 0 bridgehead atoms. The van der Waals surface area contributed by atoms with Crippen molar-refractivity contribution in [1.82, 2.24) is 15.5 Å². The van der Waals surface area contributed by atoms with Crippen molar-refractivity contribution in [2.75, 3.05) is 11.0 Å². The first-order chi connectivity index (χ1) is 9.76. The monoisotopic (exact) mass is 411 g/mol. The molecule has 0 aromatic carbocycles. The van der Waals surface area contributed by atoms with Gasteiger partial charge < -0.3 is 15.2 Å². The smallest absolute Gasteiger partial charge is 0.326 e. The van der Waals surface area contributed by atoms with E-state index in [0.29, 0.717) is 0 Å². The molecule has 0 aromatic heterocycles. The molecule has 1 unspecified atom stereocenters. The summed E-state index contributed by atoms with van der Waals surface area (Å²) in [5.41, 5.74) is -1.21. The van der Waals surface area contributed by atoms with E-state index in [1.54, 1.807) is 13.8 Å². The van der Waals surface area contributed by atoms with Crippen molar-refractivity contribution in [3.8, 4) is 0 Å². The Bertz CT molecular complexity index is 464. The Kier molecular flexibility index (Phi) is 4.73. The Labute approximate surface area is 135 Å². The number of urea groups is 1. The van der Waals surface area contributed by atoms with Crippen molar-refractivity contribution in [2.24, 2.45) is 0 Å². The van der Waals surface area contributed by atoms with Crippen LogP contribution in [-0.2, 0) is 14.3 Å². The lowest BCUT2D eigenvalue weighted by Gasteiger charge is -2.41. The molecule has 2 fully saturated rings. The first-order valence-electron chi connectivity index (χ1n) is 6.59. The van der Waals surface area contributed by atoms with E-state index < -0.39 is 29.8 Å². The summed E-state index contributed by atoms with van der Waals surface area (Å²) in [5, 5.41) is 14.6. The lowest BCUT2D eigenvalue weighted by molar-refractivity contribution is -0.136. The minimum Gasteiger partial charge on any atom is -0.390 e. The van der Waals surface area contributed by atoms with Crippen molar-refractivity contribution >= 4 is 40.4 Å². The van der Waals surface area contributed by atoms with Gasteiger partial charge in [0, 0.05) is 6.42 Å². The number of imide groups is 1. The summed E-state index contributed by atoms with van der Waals surface area (Å²) in [6.07, 6.45) is -1.37. The molecule has 2 heterocycles. The van der Waals surface area contributed by atoms with Crippen LogP contribution in [0.3, 0.4) is 0 Å². The first-order valence-corrected chi connectivity index (χ1v) is 8.12. The molecule has 9 heteroatoms. The molecule has 4 amide bonds. The third kappa shape index (κ3) is 3.29. The highest BCUT2D eigenvalue weighted by Gasteiger charge is 2.47. The number of ether oxygens (including phenoxy) is 1. The van der Waals surface area contributed by atoms with Crippen LogP contribution in [0.1, 0.15) is 20.3 Å². The van der Waals surface area contributed by atoms with Gasteiger partial charge in [-0.15, -0.1) is 0 Å². The normalized spacial score (nSPS) is 36.6. The Hall–Kier alpha value is -0.940. The van der Waals surface area contributed by atoms with Crippen LogP contribution in [0.25, 0.3) is 0 Å². The predicted octanol–water partition coefficient (Wildman–Crippen LogP) is -0.656. The average Bonchev–Trinajstić information content (AvgIpc) is 2.74. The minimum atomic E-state index is -1.21. The summed E-state index contributed by atoms with van der Waals surface area (Å²) in [6.45, 7) is 3.28. The molecule has 118 valence electrons. The molecule has 0 aromatic rings. The van der Waals surface area contributed by atoms with E-state index in [9.17, 15) is 19.5 Å². The number of nitrogens with one attached hydrogen (secondary N) is 2. The Balaban J connectivity index is 2.14. The fraction of sp³-hybridized carbons (Fsp3) is 0.750. The fourth-order valence-corrected chi connectivity index (χ4v) is 2.64. The molecule has 8 nitrogen and oxygen atoms in total. The lowest BCUT2D eigenvalue weighted by atomic mass is 9.97. The maximum absolute atomic E-state index is 12.0. The van der Waals surface area contributed by atoms with Crippen LogP contribution in [0.15, 0.2) is 0 Å². The third-order valence-corrected chi connectivity index (χ3v) is 4.40. The third-order valence-electron chi connectivity index (χ3n) is 3.71. The van der Waals surface area contributed by atoms with E-state index in [4.69, 9.17) is 4.74 Å². The quantitative estimate of drug-likeness (QED) is 0.423. The number of hydrogen-bond donors (Lipinski definition) is 3. The van der Waals surface area contributed by atoms with Gasteiger partial charge in [-0.25, -0.2) is 4.79 Å². The summed E-state index contributed by atoms with van der Waals surface area (Å²) < 4.78 is 5.75. The molecule has 21 heavy (non-hydrogen) atoms. The van der Waals surface area contributed by atoms with Crippen LogP contribution in [0.5, 0.6) is 0 Å². The number of aliphatic hydroxyl groups is 1. The van der Waals surface area contributed by atoms with E-state index in [1.165, 1.54) is 4.90 Å². The van der Waals surface area contributed by atoms with E-state index in [1.807, 2.05) is 22.6 Å². The van der Waals surface area contributed by atoms with Crippen LogP contribution < -0.4 is 10.6 Å². The van der Waals surface area contributed by atoms with Crippen LogP contribution in [0.4, 0.5) is 4.79 Å².